The highest BCUT2D eigenvalue weighted by Crippen LogP contribution is 2.31. The van der Waals surface area contributed by atoms with Gasteiger partial charge in [-0.3, -0.25) is 20.4 Å². The highest BCUT2D eigenvalue weighted by Gasteiger charge is 2.34. The van der Waals surface area contributed by atoms with Crippen molar-refractivity contribution in [2.75, 3.05) is 6.61 Å². The zero-order chi connectivity index (χ0) is 19.3. The maximum absolute atomic E-state index is 12.9. The minimum absolute atomic E-state index is 0.399. The van der Waals surface area contributed by atoms with Crippen molar-refractivity contribution in [1.29, 1.82) is 0 Å². The fourth-order valence-electron chi connectivity index (χ4n) is 2.32. The highest BCUT2D eigenvalue weighted by atomic mass is 19.4. The number of benzene rings is 2. The molecule has 0 saturated carbocycles. The molecule has 0 fully saturated rings. The zero-order valence-electron chi connectivity index (χ0n) is 14.1. The third-order valence-electron chi connectivity index (χ3n) is 3.36. The van der Waals surface area contributed by atoms with Crippen LogP contribution < -0.4 is 15.6 Å². The largest absolute Gasteiger partial charge is 0.484 e. The average molecular weight is 366 g/mol. The van der Waals surface area contributed by atoms with Gasteiger partial charge in [-0.1, -0.05) is 18.2 Å². The van der Waals surface area contributed by atoms with Gasteiger partial charge in [0.15, 0.2) is 6.61 Å². The molecule has 5 nitrogen and oxygen atoms in total. The van der Waals surface area contributed by atoms with Crippen molar-refractivity contribution in [1.82, 2.24) is 10.9 Å². The van der Waals surface area contributed by atoms with Gasteiger partial charge in [0.05, 0.1) is 11.1 Å². The number of alkyl halides is 3. The molecule has 2 amide bonds. The third kappa shape index (κ3) is 5.23. The van der Waals surface area contributed by atoms with E-state index in [1.807, 2.05) is 30.8 Å². The number of hydrazine groups is 1. The highest BCUT2D eigenvalue weighted by molar-refractivity contribution is 5.97. The quantitative estimate of drug-likeness (QED) is 0.817. The zero-order valence-corrected chi connectivity index (χ0v) is 14.1. The van der Waals surface area contributed by atoms with Crippen molar-refractivity contribution in [2.24, 2.45) is 0 Å². The van der Waals surface area contributed by atoms with Crippen LogP contribution in [-0.2, 0) is 11.0 Å². The molecule has 0 aliphatic rings. The molecule has 2 aromatic carbocycles. The van der Waals surface area contributed by atoms with Crippen molar-refractivity contribution in [3.63, 3.8) is 0 Å². The Labute approximate surface area is 148 Å². The molecule has 0 aliphatic heterocycles. The van der Waals surface area contributed by atoms with Gasteiger partial charge in [0, 0.05) is 0 Å². The smallest absolute Gasteiger partial charge is 0.417 e. The van der Waals surface area contributed by atoms with Gasteiger partial charge < -0.3 is 4.74 Å². The van der Waals surface area contributed by atoms with E-state index in [4.69, 9.17) is 4.74 Å². The van der Waals surface area contributed by atoms with Crippen molar-refractivity contribution >= 4 is 11.8 Å². The lowest BCUT2D eigenvalue weighted by Crippen LogP contribution is -2.44. The van der Waals surface area contributed by atoms with E-state index < -0.39 is 35.7 Å². The fourth-order valence-corrected chi connectivity index (χ4v) is 2.32. The van der Waals surface area contributed by atoms with E-state index in [0.29, 0.717) is 5.75 Å². The fraction of sp³-hybridized carbons (Fsp3) is 0.222. The molecule has 0 radical (unpaired) electrons. The number of ether oxygens (including phenoxy) is 1. The van der Waals surface area contributed by atoms with Crippen molar-refractivity contribution in [3.8, 4) is 5.75 Å². The Kier molecular flexibility index (Phi) is 5.86. The Balaban J connectivity index is 1.92. The summed E-state index contributed by atoms with van der Waals surface area (Å²) in [5, 5.41) is 0. The van der Waals surface area contributed by atoms with Gasteiger partial charge in [0.2, 0.25) is 0 Å². The minimum Gasteiger partial charge on any atom is -0.484 e. The van der Waals surface area contributed by atoms with Gasteiger partial charge in [-0.25, -0.2) is 0 Å². The number of nitrogens with one attached hydrogen (secondary N) is 2. The van der Waals surface area contributed by atoms with Gasteiger partial charge in [0.1, 0.15) is 5.75 Å². The molecule has 138 valence electrons. The number of hydrogen-bond acceptors (Lipinski definition) is 3. The van der Waals surface area contributed by atoms with E-state index in [0.717, 1.165) is 23.3 Å². The van der Waals surface area contributed by atoms with E-state index in [2.05, 4.69) is 0 Å². The number of hydrogen-bond donors (Lipinski definition) is 2. The van der Waals surface area contributed by atoms with Crippen LogP contribution in [0.4, 0.5) is 13.2 Å². The number of carbonyl (C=O) groups excluding carboxylic acids is 2. The predicted molar refractivity (Wildman–Crippen MR) is 88.5 cm³/mol. The van der Waals surface area contributed by atoms with Gasteiger partial charge in [-0.2, -0.15) is 13.2 Å². The van der Waals surface area contributed by atoms with Crippen molar-refractivity contribution in [3.05, 3.63) is 64.7 Å². The maximum Gasteiger partial charge on any atom is 0.417 e. The molecule has 0 unspecified atom stereocenters. The van der Waals surface area contributed by atoms with Crippen LogP contribution in [0.1, 0.15) is 27.0 Å². The summed E-state index contributed by atoms with van der Waals surface area (Å²) < 4.78 is 44.0. The van der Waals surface area contributed by atoms with Gasteiger partial charge in [-0.15, -0.1) is 0 Å². The van der Waals surface area contributed by atoms with Crippen LogP contribution >= 0.6 is 0 Å². The first-order valence-electron chi connectivity index (χ1n) is 7.63. The van der Waals surface area contributed by atoms with Gasteiger partial charge in [-0.05, 0) is 49.2 Å². The van der Waals surface area contributed by atoms with Crippen LogP contribution in [0.3, 0.4) is 0 Å². The lowest BCUT2D eigenvalue weighted by atomic mass is 10.1. The van der Waals surface area contributed by atoms with Crippen molar-refractivity contribution in [2.45, 2.75) is 20.0 Å². The normalized spacial score (nSPS) is 11.0. The Morgan fingerprint density at radius 1 is 1.00 bits per heavy atom. The summed E-state index contributed by atoms with van der Waals surface area (Å²) in [5.74, 6) is -1.30. The average Bonchev–Trinajstić information content (AvgIpc) is 2.56. The number of carbonyl (C=O) groups is 2. The lowest BCUT2D eigenvalue weighted by Gasteiger charge is -2.13. The second-order valence-electron chi connectivity index (χ2n) is 5.66. The molecule has 26 heavy (non-hydrogen) atoms. The van der Waals surface area contributed by atoms with E-state index in [1.54, 1.807) is 12.1 Å². The third-order valence-corrected chi connectivity index (χ3v) is 3.36. The van der Waals surface area contributed by atoms with Crippen LogP contribution in [0.2, 0.25) is 0 Å². The molecular formula is C18H17F3N2O3. The second-order valence-corrected chi connectivity index (χ2v) is 5.66. The first kappa shape index (κ1) is 19.3. The lowest BCUT2D eigenvalue weighted by molar-refractivity contribution is -0.137. The molecular weight excluding hydrogens is 349 g/mol. The van der Waals surface area contributed by atoms with Crippen LogP contribution in [0.15, 0.2) is 42.5 Å². The predicted octanol–water partition coefficient (Wildman–Crippen LogP) is 3.16. The van der Waals surface area contributed by atoms with Gasteiger partial charge in [0.25, 0.3) is 11.8 Å². The summed E-state index contributed by atoms with van der Waals surface area (Å²) in [7, 11) is 0. The SMILES string of the molecule is Cc1cc(C)cc(OCC(=O)NNC(=O)c2ccccc2C(F)(F)F)c1. The molecule has 0 atom stereocenters. The Hall–Kier alpha value is -3.03. The maximum atomic E-state index is 12.9. The molecule has 8 heteroatoms. The summed E-state index contributed by atoms with van der Waals surface area (Å²) in [6, 6.07) is 9.70. The standard InChI is InChI=1S/C18H17F3N2O3/c1-11-7-12(2)9-13(8-11)26-10-16(24)22-23-17(25)14-5-3-4-6-15(14)18(19,20)21/h3-9H,10H2,1-2H3,(H,22,24)(H,23,25). The Morgan fingerprint density at radius 3 is 2.23 bits per heavy atom. The molecule has 0 saturated heterocycles. The molecule has 0 aromatic heterocycles. The van der Waals surface area contributed by atoms with Crippen molar-refractivity contribution < 1.29 is 27.5 Å². The summed E-state index contributed by atoms with van der Waals surface area (Å²) >= 11 is 0. The summed E-state index contributed by atoms with van der Waals surface area (Å²) in [4.78, 5) is 23.6. The minimum atomic E-state index is -4.68. The molecule has 0 aliphatic carbocycles. The summed E-state index contributed by atoms with van der Waals surface area (Å²) in [5.41, 5.74) is 4.22. The van der Waals surface area contributed by atoms with E-state index >= 15 is 0 Å². The first-order valence-corrected chi connectivity index (χ1v) is 7.63. The molecule has 2 rings (SSSR count). The summed E-state index contributed by atoms with van der Waals surface area (Å²) in [6.07, 6.45) is -4.68. The van der Waals surface area contributed by atoms with Gasteiger partial charge >= 0.3 is 6.18 Å². The van der Waals surface area contributed by atoms with E-state index in [-0.39, 0.29) is 0 Å². The molecule has 0 heterocycles. The topological polar surface area (TPSA) is 67.4 Å². The number of rotatable bonds is 4. The Morgan fingerprint density at radius 2 is 1.62 bits per heavy atom. The number of halogens is 3. The monoisotopic (exact) mass is 366 g/mol. The first-order chi connectivity index (χ1) is 12.2. The second kappa shape index (κ2) is 7.90. The summed E-state index contributed by atoms with van der Waals surface area (Å²) in [6.45, 7) is 3.35. The van der Waals surface area contributed by atoms with Crippen LogP contribution in [0.25, 0.3) is 0 Å². The van der Waals surface area contributed by atoms with Crippen LogP contribution in [0.5, 0.6) is 5.75 Å². The molecule has 2 N–H and O–H groups in total. The van der Waals surface area contributed by atoms with E-state index in [1.165, 1.54) is 12.1 Å². The number of aryl methyl sites for hydroxylation is 2. The molecule has 2 aromatic rings. The Bertz CT molecular complexity index is 799. The molecule has 0 bridgehead atoms. The molecule has 0 spiro atoms. The number of amides is 2. The van der Waals surface area contributed by atoms with E-state index in [9.17, 15) is 22.8 Å². The van der Waals surface area contributed by atoms with Crippen LogP contribution in [0, 0.1) is 13.8 Å². The van der Waals surface area contributed by atoms with Crippen LogP contribution in [-0.4, -0.2) is 18.4 Å².